The van der Waals surface area contributed by atoms with Crippen molar-refractivity contribution in [2.24, 2.45) is 0 Å². The molecule has 0 unspecified atom stereocenters. The third-order valence-electron chi connectivity index (χ3n) is 5.08. The molecular weight excluding hydrogens is 348 g/mol. The van der Waals surface area contributed by atoms with Crippen LogP contribution in [0.15, 0.2) is 53.7 Å². The number of aryl methyl sites for hydroxylation is 2. The second kappa shape index (κ2) is 8.39. The van der Waals surface area contributed by atoms with E-state index >= 15 is 0 Å². The number of rotatable bonds is 7. The van der Waals surface area contributed by atoms with E-state index in [-0.39, 0.29) is 11.5 Å². The molecule has 3 aromatic rings. The molecule has 0 saturated heterocycles. The molecule has 0 aliphatic carbocycles. The molecule has 0 spiro atoms. The lowest BCUT2D eigenvalue weighted by Gasteiger charge is -2.18. The minimum atomic E-state index is 0.0505. The van der Waals surface area contributed by atoms with Gasteiger partial charge in [0.25, 0.3) is 0 Å². The zero-order valence-electron chi connectivity index (χ0n) is 16.9. The molecule has 0 saturated carbocycles. The third-order valence-corrected chi connectivity index (χ3v) is 5.08. The first-order chi connectivity index (χ1) is 13.4. The molecule has 3 rings (SSSR count). The van der Waals surface area contributed by atoms with Crippen LogP contribution in [0.25, 0.3) is 28.0 Å². The van der Waals surface area contributed by atoms with Crippen molar-refractivity contribution < 1.29 is 14.6 Å². The number of phenols is 2. The maximum absolute atomic E-state index is 11.3. The summed E-state index contributed by atoms with van der Waals surface area (Å²) in [5.41, 5.74) is 5.57. The third kappa shape index (κ3) is 3.84. The van der Waals surface area contributed by atoms with Gasteiger partial charge in [-0.15, -0.1) is 0 Å². The maximum Gasteiger partial charge on any atom is 0.138 e. The fourth-order valence-corrected chi connectivity index (χ4v) is 3.67. The summed E-state index contributed by atoms with van der Waals surface area (Å²) in [6.07, 6.45) is 5.56. The van der Waals surface area contributed by atoms with Crippen LogP contribution in [0.1, 0.15) is 49.8 Å². The van der Waals surface area contributed by atoms with Crippen LogP contribution in [0, 0.1) is 6.92 Å². The van der Waals surface area contributed by atoms with Gasteiger partial charge in [-0.2, -0.15) is 0 Å². The Hall–Kier alpha value is -2.94. The van der Waals surface area contributed by atoms with Crippen LogP contribution in [0.5, 0.6) is 11.5 Å². The highest BCUT2D eigenvalue weighted by atomic mass is 16.3. The number of benzene rings is 2. The summed E-state index contributed by atoms with van der Waals surface area (Å²) in [5, 5.41) is 22.2. The van der Waals surface area contributed by atoms with Crippen molar-refractivity contribution in [3.8, 4) is 33.9 Å². The van der Waals surface area contributed by atoms with Crippen LogP contribution in [-0.2, 0) is 6.42 Å². The van der Waals surface area contributed by atoms with Gasteiger partial charge >= 0.3 is 0 Å². The minimum Gasteiger partial charge on any atom is -0.507 e. The summed E-state index contributed by atoms with van der Waals surface area (Å²) in [4.78, 5) is 0. The Balaban J connectivity index is 2.26. The predicted octanol–water partition coefficient (Wildman–Crippen LogP) is 7.10. The van der Waals surface area contributed by atoms with Gasteiger partial charge < -0.3 is 14.6 Å². The monoisotopic (exact) mass is 376 g/mol. The maximum atomic E-state index is 11.3. The topological polar surface area (TPSA) is 53.6 Å². The largest absolute Gasteiger partial charge is 0.507 e. The molecule has 1 aromatic heterocycles. The van der Waals surface area contributed by atoms with Gasteiger partial charge in [-0.05, 0) is 61.6 Å². The van der Waals surface area contributed by atoms with Gasteiger partial charge in [0.15, 0.2) is 0 Å². The number of unbranched alkanes of at least 4 members (excludes halogenated alkanes) is 2. The fraction of sp³-hybridized carbons (Fsp3) is 0.280. The molecule has 0 amide bonds. The van der Waals surface area contributed by atoms with Crippen molar-refractivity contribution >= 4 is 5.57 Å². The minimum absolute atomic E-state index is 0.0505. The lowest BCUT2D eigenvalue weighted by molar-refractivity contribution is 0.452. The molecule has 0 fully saturated rings. The zero-order valence-corrected chi connectivity index (χ0v) is 16.9. The van der Waals surface area contributed by atoms with Crippen LogP contribution in [0.2, 0.25) is 0 Å². The molecule has 2 N–H and O–H groups in total. The van der Waals surface area contributed by atoms with E-state index in [1.165, 1.54) is 0 Å². The second-order valence-corrected chi connectivity index (χ2v) is 7.42. The summed E-state index contributed by atoms with van der Waals surface area (Å²) in [6, 6.07) is 11.4. The van der Waals surface area contributed by atoms with E-state index in [1.807, 2.05) is 44.2 Å². The molecule has 28 heavy (non-hydrogen) atoms. The molecule has 0 aliphatic rings. The Bertz CT molecular complexity index is 982. The van der Waals surface area contributed by atoms with Crippen LogP contribution < -0.4 is 0 Å². The van der Waals surface area contributed by atoms with Gasteiger partial charge in [0.1, 0.15) is 17.3 Å². The first kappa shape index (κ1) is 19.8. The van der Waals surface area contributed by atoms with Gasteiger partial charge in [0, 0.05) is 0 Å². The molecule has 0 aliphatic heterocycles. The van der Waals surface area contributed by atoms with Crippen LogP contribution in [0.4, 0.5) is 0 Å². The highest BCUT2D eigenvalue weighted by Crippen LogP contribution is 2.48. The number of aromatic hydroxyl groups is 2. The van der Waals surface area contributed by atoms with Gasteiger partial charge in [-0.25, -0.2) is 0 Å². The van der Waals surface area contributed by atoms with Gasteiger partial charge in [-0.1, -0.05) is 55.7 Å². The average molecular weight is 376 g/mol. The van der Waals surface area contributed by atoms with Crippen molar-refractivity contribution in [1.82, 2.24) is 0 Å². The van der Waals surface area contributed by atoms with E-state index in [1.54, 1.807) is 12.3 Å². The fourth-order valence-electron chi connectivity index (χ4n) is 3.67. The Kier molecular flexibility index (Phi) is 5.93. The van der Waals surface area contributed by atoms with Crippen molar-refractivity contribution in [3.05, 3.63) is 65.9 Å². The Labute approximate surface area is 167 Å². The molecule has 1 heterocycles. The lowest BCUT2D eigenvalue weighted by Crippen LogP contribution is -1.96. The highest BCUT2D eigenvalue weighted by molar-refractivity contribution is 5.91. The molecule has 3 nitrogen and oxygen atoms in total. The number of furan rings is 1. The van der Waals surface area contributed by atoms with E-state index in [9.17, 15) is 10.2 Å². The SMILES string of the molecule is C=C(C)c1ccc(C)cc1-c1c(O)cc(CCCCC)c(-c2ccco2)c1O. The normalized spacial score (nSPS) is 11.0. The summed E-state index contributed by atoms with van der Waals surface area (Å²) in [6.45, 7) is 10.1. The summed E-state index contributed by atoms with van der Waals surface area (Å²) < 4.78 is 5.62. The molecule has 0 radical (unpaired) electrons. The second-order valence-electron chi connectivity index (χ2n) is 7.42. The van der Waals surface area contributed by atoms with Gasteiger partial charge in [0.2, 0.25) is 0 Å². The Morgan fingerprint density at radius 3 is 2.50 bits per heavy atom. The Morgan fingerprint density at radius 1 is 1.07 bits per heavy atom. The van der Waals surface area contributed by atoms with Gasteiger partial charge in [0.05, 0.1) is 17.4 Å². The summed E-state index contributed by atoms with van der Waals surface area (Å²) in [7, 11) is 0. The van der Waals surface area contributed by atoms with E-state index in [4.69, 9.17) is 4.42 Å². The quantitative estimate of drug-likeness (QED) is 0.432. The Morgan fingerprint density at radius 2 is 1.86 bits per heavy atom. The first-order valence-electron chi connectivity index (χ1n) is 9.82. The molecule has 2 aromatic carbocycles. The number of hydrogen-bond donors (Lipinski definition) is 2. The lowest BCUT2D eigenvalue weighted by atomic mass is 9.88. The molecule has 0 atom stereocenters. The smallest absolute Gasteiger partial charge is 0.138 e. The van der Waals surface area contributed by atoms with E-state index in [0.717, 1.165) is 53.5 Å². The molecule has 0 bridgehead atoms. The molecular formula is C25H28O3. The van der Waals surface area contributed by atoms with Crippen LogP contribution in [0.3, 0.4) is 0 Å². The van der Waals surface area contributed by atoms with Gasteiger partial charge in [-0.3, -0.25) is 0 Å². The zero-order chi connectivity index (χ0) is 20.3. The number of allylic oxidation sites excluding steroid dienone is 1. The molecule has 3 heteroatoms. The van der Waals surface area contributed by atoms with Crippen LogP contribution in [-0.4, -0.2) is 10.2 Å². The standard InChI is InChI=1S/C25H28O3/c1-5-6-7-9-18-15-21(26)24(25(27)23(18)22-10-8-13-28-22)20-14-17(4)11-12-19(20)16(2)3/h8,10-15,26-27H,2,5-7,9H2,1,3-4H3. The summed E-state index contributed by atoms with van der Waals surface area (Å²) >= 11 is 0. The van der Waals surface area contributed by atoms with E-state index < -0.39 is 0 Å². The van der Waals surface area contributed by atoms with Crippen molar-refractivity contribution in [3.63, 3.8) is 0 Å². The highest BCUT2D eigenvalue weighted by Gasteiger charge is 2.23. The van der Waals surface area contributed by atoms with E-state index in [2.05, 4.69) is 13.5 Å². The number of phenolic OH excluding ortho intramolecular Hbond substituents is 2. The predicted molar refractivity (Wildman–Crippen MR) is 116 cm³/mol. The average Bonchev–Trinajstić information content (AvgIpc) is 3.15. The summed E-state index contributed by atoms with van der Waals surface area (Å²) in [5.74, 6) is 0.733. The van der Waals surface area contributed by atoms with E-state index in [0.29, 0.717) is 16.9 Å². The van der Waals surface area contributed by atoms with Crippen molar-refractivity contribution in [2.45, 2.75) is 46.5 Å². The van der Waals surface area contributed by atoms with Crippen molar-refractivity contribution in [1.29, 1.82) is 0 Å². The first-order valence-corrected chi connectivity index (χ1v) is 9.82. The van der Waals surface area contributed by atoms with Crippen LogP contribution >= 0.6 is 0 Å². The van der Waals surface area contributed by atoms with Crippen molar-refractivity contribution in [2.75, 3.05) is 0 Å². The number of hydrogen-bond acceptors (Lipinski definition) is 3. The molecule has 146 valence electrons.